The highest BCUT2D eigenvalue weighted by atomic mass is 127. The Balaban J connectivity index is 1.96. The zero-order valence-corrected chi connectivity index (χ0v) is 13.4. The van der Waals surface area contributed by atoms with Gasteiger partial charge in [0.1, 0.15) is 10.3 Å². The zero-order valence-electron chi connectivity index (χ0n) is 11.5. The molecule has 3 heterocycles. The van der Waals surface area contributed by atoms with Crippen LogP contribution in [-0.4, -0.2) is 40.2 Å². The van der Waals surface area contributed by atoms with Gasteiger partial charge in [-0.2, -0.15) is 4.68 Å². The minimum absolute atomic E-state index is 0.0616. The van der Waals surface area contributed by atoms with Crippen LogP contribution in [0.3, 0.4) is 0 Å². The molecule has 3 aromatic rings. The summed E-state index contributed by atoms with van der Waals surface area (Å²) in [5.41, 5.74) is 0.0696. The van der Waals surface area contributed by atoms with Crippen molar-refractivity contribution in [2.45, 2.75) is 6.61 Å². The van der Waals surface area contributed by atoms with Crippen LogP contribution in [0.5, 0.6) is 5.19 Å². The van der Waals surface area contributed by atoms with Gasteiger partial charge in [-0.3, -0.25) is 0 Å². The second-order valence-corrected chi connectivity index (χ2v) is 5.55. The molecule has 10 nitrogen and oxygen atoms in total. The van der Waals surface area contributed by atoms with E-state index in [1.807, 2.05) is 22.6 Å². The maximum atomic E-state index is 11.9. The molecular formula is C9H7IN8O2S. The molecule has 108 valence electrons. The summed E-state index contributed by atoms with van der Waals surface area (Å²) < 4.78 is 15.5. The van der Waals surface area contributed by atoms with Crippen molar-refractivity contribution in [2.75, 3.05) is 0 Å². The number of aromatic nitrogens is 8. The van der Waals surface area contributed by atoms with Crippen LogP contribution < -0.4 is 10.4 Å². The zero-order chi connectivity index (χ0) is 15.7. The number of nitrogens with zero attached hydrogens (tertiary/aromatic N) is 8. The van der Waals surface area contributed by atoms with E-state index in [1.165, 1.54) is 18.4 Å². The number of ether oxygens (including phenoxy) is 1. The van der Waals surface area contributed by atoms with Crippen LogP contribution in [0, 0.1) is 3.70 Å². The lowest BCUT2D eigenvalue weighted by atomic mass is 10.3. The van der Waals surface area contributed by atoms with Gasteiger partial charge in [0.2, 0.25) is 0 Å². The average Bonchev–Trinajstić information content (AvgIpc) is 3.05. The Morgan fingerprint density at radius 1 is 1.48 bits per heavy atom. The SMILES string of the molecule is [3H]c1csc(OCc2c(I)nnnc2-n2nnn(C)c2=O)n1. The van der Waals surface area contributed by atoms with Crippen molar-refractivity contribution in [3.8, 4) is 11.0 Å². The quantitative estimate of drug-likeness (QED) is 0.533. The molecule has 0 atom stereocenters. The Hall–Kier alpha value is -1.96. The molecule has 0 fully saturated rings. The van der Waals surface area contributed by atoms with Crippen LogP contribution in [0.2, 0.25) is 0 Å². The second-order valence-electron chi connectivity index (χ2n) is 3.71. The molecule has 0 N–H and O–H groups in total. The van der Waals surface area contributed by atoms with E-state index < -0.39 is 5.69 Å². The summed E-state index contributed by atoms with van der Waals surface area (Å²) in [5.74, 6) is 0.195. The van der Waals surface area contributed by atoms with Crippen molar-refractivity contribution in [2.24, 2.45) is 7.05 Å². The number of hydrogen-bond acceptors (Lipinski definition) is 9. The normalized spacial score (nSPS) is 11.4. The minimum atomic E-state index is -0.458. The summed E-state index contributed by atoms with van der Waals surface area (Å²) >= 11 is 3.16. The predicted molar refractivity (Wildman–Crippen MR) is 79.1 cm³/mol. The van der Waals surface area contributed by atoms with E-state index in [0.29, 0.717) is 14.5 Å². The van der Waals surface area contributed by atoms with E-state index in [0.717, 1.165) is 9.36 Å². The third kappa shape index (κ3) is 2.76. The molecule has 0 unspecified atom stereocenters. The molecule has 0 aliphatic carbocycles. The van der Waals surface area contributed by atoms with Crippen LogP contribution in [0.15, 0.2) is 16.3 Å². The van der Waals surface area contributed by atoms with E-state index in [1.54, 1.807) is 5.38 Å². The predicted octanol–water partition coefficient (Wildman–Crippen LogP) is -0.209. The molecular weight excluding hydrogens is 411 g/mol. The highest BCUT2D eigenvalue weighted by molar-refractivity contribution is 14.1. The van der Waals surface area contributed by atoms with Crippen molar-refractivity contribution in [3.63, 3.8) is 0 Å². The van der Waals surface area contributed by atoms with Gasteiger partial charge in [0.25, 0.3) is 5.19 Å². The molecule has 0 spiro atoms. The van der Waals surface area contributed by atoms with Crippen molar-refractivity contribution in [1.29, 1.82) is 0 Å². The molecule has 0 bridgehead atoms. The van der Waals surface area contributed by atoms with E-state index in [9.17, 15) is 4.79 Å². The van der Waals surface area contributed by atoms with E-state index >= 15 is 0 Å². The first kappa shape index (κ1) is 12.8. The van der Waals surface area contributed by atoms with Gasteiger partial charge >= 0.3 is 5.69 Å². The fourth-order valence-electron chi connectivity index (χ4n) is 1.44. The topological polar surface area (TPSA) is 113 Å². The molecule has 21 heavy (non-hydrogen) atoms. The molecule has 3 rings (SSSR count). The number of hydrogen-bond donors (Lipinski definition) is 0. The average molecular weight is 420 g/mol. The Labute approximate surface area is 136 Å². The van der Waals surface area contributed by atoms with Gasteiger partial charge < -0.3 is 4.74 Å². The first-order valence-electron chi connectivity index (χ1n) is 5.98. The van der Waals surface area contributed by atoms with Crippen molar-refractivity contribution in [1.82, 2.24) is 40.2 Å². The lowest BCUT2D eigenvalue weighted by Gasteiger charge is -2.07. The Kier molecular flexibility index (Phi) is 3.53. The van der Waals surface area contributed by atoms with Crippen LogP contribution in [-0.2, 0) is 13.7 Å². The molecule has 0 saturated carbocycles. The molecule has 0 radical (unpaired) electrons. The van der Waals surface area contributed by atoms with Crippen molar-refractivity contribution < 1.29 is 6.11 Å². The molecule has 3 aromatic heterocycles. The summed E-state index contributed by atoms with van der Waals surface area (Å²) in [6.45, 7) is 0.0616. The highest BCUT2D eigenvalue weighted by Gasteiger charge is 2.18. The maximum Gasteiger partial charge on any atom is 0.369 e. The molecule has 0 aliphatic rings. The number of aryl methyl sites for hydroxylation is 1. The maximum absolute atomic E-state index is 11.9. The van der Waals surface area contributed by atoms with Crippen LogP contribution >= 0.6 is 33.9 Å². The van der Waals surface area contributed by atoms with E-state index in [2.05, 4.69) is 30.8 Å². The van der Waals surface area contributed by atoms with Gasteiger partial charge in [0.05, 0.1) is 6.93 Å². The summed E-state index contributed by atoms with van der Waals surface area (Å²) in [7, 11) is 1.48. The first-order chi connectivity index (χ1) is 10.6. The van der Waals surface area contributed by atoms with Crippen molar-refractivity contribution >= 4 is 33.9 Å². The second kappa shape index (κ2) is 5.80. The smallest absolute Gasteiger partial charge is 0.369 e. The highest BCUT2D eigenvalue weighted by Crippen LogP contribution is 2.19. The van der Waals surface area contributed by atoms with E-state index in [4.69, 9.17) is 6.11 Å². The Morgan fingerprint density at radius 2 is 2.33 bits per heavy atom. The van der Waals surface area contributed by atoms with Gasteiger partial charge in [-0.1, -0.05) is 11.3 Å². The number of halogens is 1. The Bertz CT molecular complexity index is 877. The summed E-state index contributed by atoms with van der Waals surface area (Å²) in [6, 6.07) is 0. The number of thiazole rings is 1. The standard InChI is InChI=1S/C9H7IN8O2S/c1-17-9(19)18(16-15-17)7-5(6(10)12-14-13-7)4-20-8-11-2-3-21-8/h2-3H,4H2,1H3/i2T. The minimum Gasteiger partial charge on any atom is -0.465 e. The molecule has 0 amide bonds. The monoisotopic (exact) mass is 420 g/mol. The van der Waals surface area contributed by atoms with Crippen LogP contribution in [0.1, 0.15) is 6.93 Å². The molecule has 0 aliphatic heterocycles. The van der Waals surface area contributed by atoms with Gasteiger partial charge in [-0.25, -0.2) is 9.78 Å². The fourth-order valence-corrected chi connectivity index (χ4v) is 2.37. The van der Waals surface area contributed by atoms with Crippen LogP contribution in [0.4, 0.5) is 0 Å². The summed E-state index contributed by atoms with van der Waals surface area (Å²) in [5, 5.41) is 20.5. The number of rotatable bonds is 4. The largest absolute Gasteiger partial charge is 0.465 e. The van der Waals surface area contributed by atoms with Gasteiger partial charge in [0, 0.05) is 18.6 Å². The fraction of sp³-hybridized carbons (Fsp3) is 0.222. The lowest BCUT2D eigenvalue weighted by molar-refractivity contribution is 0.301. The van der Waals surface area contributed by atoms with Crippen LogP contribution in [0.25, 0.3) is 5.82 Å². The number of tetrazole rings is 1. The van der Waals surface area contributed by atoms with E-state index in [-0.39, 0.29) is 18.6 Å². The van der Waals surface area contributed by atoms with Gasteiger partial charge in [-0.15, -0.1) is 14.9 Å². The summed E-state index contributed by atoms with van der Waals surface area (Å²) in [4.78, 5) is 15.8. The van der Waals surface area contributed by atoms with Gasteiger partial charge in [0.15, 0.2) is 5.82 Å². The first-order valence-corrected chi connectivity index (χ1v) is 7.44. The molecule has 12 heteroatoms. The third-order valence-electron chi connectivity index (χ3n) is 2.42. The van der Waals surface area contributed by atoms with Gasteiger partial charge in [-0.05, 0) is 38.2 Å². The van der Waals surface area contributed by atoms with Crippen molar-refractivity contribution in [3.05, 3.63) is 31.3 Å². The molecule has 0 aromatic carbocycles. The molecule has 0 saturated heterocycles. The third-order valence-corrected chi connectivity index (χ3v) is 3.92. The lowest BCUT2D eigenvalue weighted by Crippen LogP contribution is -2.25. The Morgan fingerprint density at radius 3 is 3.00 bits per heavy atom. The summed E-state index contributed by atoms with van der Waals surface area (Å²) in [6.07, 6.45) is 0.131.